The molecule has 4 aliphatic rings. The molecular weight excluding hydrogens is 480 g/mol. The Morgan fingerprint density at radius 3 is 1.66 bits per heavy atom. The maximum Gasteiger partial charge on any atom is 0.255 e. The van der Waals surface area contributed by atoms with Crippen molar-refractivity contribution < 1.29 is 28.7 Å². The molecule has 2 aromatic rings. The van der Waals surface area contributed by atoms with Gasteiger partial charge in [-0.1, -0.05) is 87.1 Å². The fourth-order valence-electron chi connectivity index (χ4n) is 6.93. The molecule has 194 valence electrons. The SMILES string of the molecule is O=C1C(O[C@]2(C3CCCCC3)C(=O)C(=O)c3ccccc3C2=O)=C(C2CCCCC2)C(=O)c2ccccc21. The number of rotatable bonds is 4. The van der Waals surface area contributed by atoms with E-state index in [1.54, 1.807) is 42.5 Å². The van der Waals surface area contributed by atoms with Crippen molar-refractivity contribution in [2.45, 2.75) is 69.8 Å². The van der Waals surface area contributed by atoms with Gasteiger partial charge in [0.25, 0.3) is 5.78 Å². The summed E-state index contributed by atoms with van der Waals surface area (Å²) in [5, 5.41) is 0. The second kappa shape index (κ2) is 9.57. The van der Waals surface area contributed by atoms with Crippen LogP contribution in [0, 0.1) is 11.8 Å². The normalized spacial score (nSPS) is 24.9. The number of allylic oxidation sites excluding steroid dienone is 2. The van der Waals surface area contributed by atoms with Gasteiger partial charge in [0.05, 0.1) is 0 Å². The van der Waals surface area contributed by atoms with Crippen LogP contribution in [-0.4, -0.2) is 34.5 Å². The molecule has 38 heavy (non-hydrogen) atoms. The molecule has 0 unspecified atom stereocenters. The zero-order valence-electron chi connectivity index (χ0n) is 21.3. The molecule has 1 atom stereocenters. The molecule has 2 aromatic carbocycles. The van der Waals surface area contributed by atoms with Crippen LogP contribution in [0.5, 0.6) is 0 Å². The van der Waals surface area contributed by atoms with E-state index in [9.17, 15) is 24.0 Å². The number of benzene rings is 2. The van der Waals surface area contributed by atoms with Gasteiger partial charge in [0.1, 0.15) is 0 Å². The van der Waals surface area contributed by atoms with Crippen molar-refractivity contribution in [2.75, 3.05) is 0 Å². The molecule has 0 heterocycles. The van der Waals surface area contributed by atoms with E-state index in [1.165, 1.54) is 6.07 Å². The van der Waals surface area contributed by atoms with Gasteiger partial charge >= 0.3 is 0 Å². The highest BCUT2D eigenvalue weighted by Crippen LogP contribution is 2.46. The lowest BCUT2D eigenvalue weighted by atomic mass is 9.66. The lowest BCUT2D eigenvalue weighted by Gasteiger charge is -2.43. The molecular formula is C32H30O6. The molecule has 0 spiro atoms. The minimum absolute atomic E-state index is 0.0652. The van der Waals surface area contributed by atoms with Crippen molar-refractivity contribution in [3.63, 3.8) is 0 Å². The van der Waals surface area contributed by atoms with Gasteiger partial charge in [0, 0.05) is 33.7 Å². The summed E-state index contributed by atoms with van der Waals surface area (Å²) in [5.74, 6) is -4.05. The summed E-state index contributed by atoms with van der Waals surface area (Å²) in [5.41, 5.74) is -1.17. The lowest BCUT2D eigenvalue weighted by Crippen LogP contribution is -2.61. The van der Waals surface area contributed by atoms with Crippen LogP contribution in [0.2, 0.25) is 0 Å². The van der Waals surface area contributed by atoms with Crippen molar-refractivity contribution in [2.24, 2.45) is 11.8 Å². The van der Waals surface area contributed by atoms with E-state index >= 15 is 0 Å². The molecule has 6 heteroatoms. The van der Waals surface area contributed by atoms with Crippen LogP contribution in [0.25, 0.3) is 0 Å². The third-order valence-corrected chi connectivity index (χ3v) is 8.87. The molecule has 0 radical (unpaired) electrons. The van der Waals surface area contributed by atoms with Crippen molar-refractivity contribution in [3.8, 4) is 0 Å². The van der Waals surface area contributed by atoms with E-state index in [2.05, 4.69) is 0 Å². The third kappa shape index (κ3) is 3.64. The largest absolute Gasteiger partial charge is 0.466 e. The van der Waals surface area contributed by atoms with Crippen LogP contribution in [0.3, 0.4) is 0 Å². The van der Waals surface area contributed by atoms with Crippen molar-refractivity contribution in [3.05, 3.63) is 82.1 Å². The number of Topliss-reactive ketones (excluding diaryl/α,β-unsaturated/α-hetero) is 5. The molecule has 0 N–H and O–H groups in total. The van der Waals surface area contributed by atoms with E-state index in [0.29, 0.717) is 18.4 Å². The first kappa shape index (κ1) is 24.7. The summed E-state index contributed by atoms with van der Waals surface area (Å²) in [4.78, 5) is 69.6. The molecule has 0 saturated heterocycles. The summed E-state index contributed by atoms with van der Waals surface area (Å²) in [7, 11) is 0. The zero-order valence-corrected chi connectivity index (χ0v) is 21.3. The highest BCUT2D eigenvalue weighted by atomic mass is 16.5. The Hall–Kier alpha value is -3.67. The molecule has 6 nitrogen and oxygen atoms in total. The monoisotopic (exact) mass is 510 g/mol. The maximum atomic E-state index is 14.3. The number of hydrogen-bond acceptors (Lipinski definition) is 6. The number of ketones is 5. The summed E-state index contributed by atoms with van der Waals surface area (Å²) in [6.45, 7) is 0. The van der Waals surface area contributed by atoms with Crippen LogP contribution < -0.4 is 0 Å². The van der Waals surface area contributed by atoms with Gasteiger partial charge < -0.3 is 4.74 Å². The summed E-state index contributed by atoms with van der Waals surface area (Å²) in [6.07, 6.45) is 7.92. The fraction of sp³-hybridized carbons (Fsp3) is 0.406. The topological polar surface area (TPSA) is 94.6 Å². The van der Waals surface area contributed by atoms with Crippen LogP contribution in [0.4, 0.5) is 0 Å². The Labute approximate surface area is 221 Å². The minimum Gasteiger partial charge on any atom is -0.466 e. The number of ether oxygens (including phenoxy) is 1. The van der Waals surface area contributed by atoms with Gasteiger partial charge in [-0.05, 0) is 31.6 Å². The Morgan fingerprint density at radius 1 is 0.553 bits per heavy atom. The first-order chi connectivity index (χ1) is 18.4. The van der Waals surface area contributed by atoms with Crippen molar-refractivity contribution in [1.82, 2.24) is 0 Å². The Morgan fingerprint density at radius 2 is 1.05 bits per heavy atom. The quantitative estimate of drug-likeness (QED) is 0.376. The summed E-state index contributed by atoms with van der Waals surface area (Å²) in [6, 6.07) is 12.9. The van der Waals surface area contributed by atoms with Crippen LogP contribution in [0.1, 0.15) is 106 Å². The zero-order chi connectivity index (χ0) is 26.4. The summed E-state index contributed by atoms with van der Waals surface area (Å²) >= 11 is 0. The molecule has 2 fully saturated rings. The second-order valence-electron chi connectivity index (χ2n) is 11.0. The first-order valence-corrected chi connectivity index (χ1v) is 13.8. The van der Waals surface area contributed by atoms with Crippen LogP contribution >= 0.6 is 0 Å². The second-order valence-corrected chi connectivity index (χ2v) is 11.0. The maximum absolute atomic E-state index is 14.3. The van der Waals surface area contributed by atoms with E-state index in [1.807, 2.05) is 0 Å². The molecule has 0 aromatic heterocycles. The number of carbonyl (C=O) groups excluding carboxylic acids is 5. The van der Waals surface area contributed by atoms with Crippen LogP contribution in [0.15, 0.2) is 59.9 Å². The fourth-order valence-corrected chi connectivity index (χ4v) is 6.93. The van der Waals surface area contributed by atoms with E-state index in [0.717, 1.165) is 51.4 Å². The molecule has 0 amide bonds. The predicted molar refractivity (Wildman–Crippen MR) is 139 cm³/mol. The van der Waals surface area contributed by atoms with E-state index in [-0.39, 0.29) is 39.7 Å². The standard InChI is InChI=1S/C32H30O6/c33-26-21-15-7-8-16-22(21)27(34)29(25(26)19-11-3-1-4-12-19)38-32(20-13-5-2-6-14-20)30(36)24-18-10-9-17-23(24)28(35)31(32)37/h7-10,15-20H,1-6,11-14H2/t32-/m0/s1. The van der Waals surface area contributed by atoms with Crippen molar-refractivity contribution >= 4 is 28.9 Å². The Bertz CT molecular complexity index is 1400. The lowest BCUT2D eigenvalue weighted by molar-refractivity contribution is -0.136. The van der Waals surface area contributed by atoms with E-state index in [4.69, 9.17) is 4.74 Å². The van der Waals surface area contributed by atoms with Gasteiger partial charge in [-0.25, -0.2) is 0 Å². The van der Waals surface area contributed by atoms with Gasteiger partial charge in [-0.15, -0.1) is 0 Å². The molecule has 0 bridgehead atoms. The van der Waals surface area contributed by atoms with E-state index < -0.39 is 34.7 Å². The van der Waals surface area contributed by atoms with Crippen molar-refractivity contribution in [1.29, 1.82) is 0 Å². The third-order valence-electron chi connectivity index (χ3n) is 8.87. The molecule has 6 rings (SSSR count). The highest BCUT2D eigenvalue weighted by molar-refractivity contribution is 6.55. The Kier molecular flexibility index (Phi) is 6.21. The average molecular weight is 511 g/mol. The highest BCUT2D eigenvalue weighted by Gasteiger charge is 2.61. The Balaban J connectivity index is 1.57. The van der Waals surface area contributed by atoms with Gasteiger partial charge in [0.15, 0.2) is 11.5 Å². The number of fused-ring (bicyclic) bond motifs is 2. The number of hydrogen-bond donors (Lipinski definition) is 0. The van der Waals surface area contributed by atoms with Crippen LogP contribution in [-0.2, 0) is 9.53 Å². The summed E-state index contributed by atoms with van der Waals surface area (Å²) < 4.78 is 6.51. The first-order valence-electron chi connectivity index (χ1n) is 13.8. The smallest absolute Gasteiger partial charge is 0.255 e. The van der Waals surface area contributed by atoms with Gasteiger partial charge in [-0.2, -0.15) is 0 Å². The molecule has 2 saturated carbocycles. The molecule has 0 aliphatic heterocycles. The average Bonchev–Trinajstić information content (AvgIpc) is 2.97. The number of carbonyl (C=O) groups is 5. The minimum atomic E-state index is -2.15. The van der Waals surface area contributed by atoms with Gasteiger partial charge in [0.2, 0.25) is 23.0 Å². The molecule has 4 aliphatic carbocycles. The predicted octanol–water partition coefficient (Wildman–Crippen LogP) is 5.88. The van der Waals surface area contributed by atoms with Gasteiger partial charge in [-0.3, -0.25) is 24.0 Å².